The molecule has 2 aliphatic rings. The summed E-state index contributed by atoms with van der Waals surface area (Å²) < 4.78 is 5.36. The lowest BCUT2D eigenvalue weighted by Crippen LogP contribution is -2.15. The molecule has 3 heterocycles. The summed E-state index contributed by atoms with van der Waals surface area (Å²) >= 11 is 0. The van der Waals surface area contributed by atoms with Gasteiger partial charge in [-0.2, -0.15) is 5.10 Å². The SMILES string of the molecule is O=C(CCC1CCNC1)Nc1cc(C2CCOCC2)[nH]n1. The van der Waals surface area contributed by atoms with E-state index in [9.17, 15) is 4.79 Å². The number of carbonyl (C=O) groups is 1. The Kier molecular flexibility index (Phi) is 4.87. The van der Waals surface area contributed by atoms with Crippen molar-refractivity contribution in [2.45, 2.75) is 38.0 Å². The van der Waals surface area contributed by atoms with Crippen LogP contribution in [0.4, 0.5) is 5.82 Å². The number of rotatable bonds is 5. The molecule has 6 nitrogen and oxygen atoms in total. The molecule has 1 atom stereocenters. The first-order valence-corrected chi connectivity index (χ1v) is 7.95. The van der Waals surface area contributed by atoms with E-state index < -0.39 is 0 Å². The van der Waals surface area contributed by atoms with Crippen molar-refractivity contribution in [3.63, 3.8) is 0 Å². The number of hydrogen-bond acceptors (Lipinski definition) is 4. The van der Waals surface area contributed by atoms with Crippen molar-refractivity contribution in [3.8, 4) is 0 Å². The number of carbonyl (C=O) groups excluding carboxylic acids is 1. The van der Waals surface area contributed by atoms with Gasteiger partial charge in [0, 0.05) is 37.3 Å². The van der Waals surface area contributed by atoms with Gasteiger partial charge in [0.05, 0.1) is 0 Å². The topological polar surface area (TPSA) is 79.0 Å². The number of aromatic nitrogens is 2. The fourth-order valence-corrected chi connectivity index (χ4v) is 3.12. The van der Waals surface area contributed by atoms with Crippen LogP contribution < -0.4 is 10.6 Å². The van der Waals surface area contributed by atoms with Crippen molar-refractivity contribution in [2.24, 2.45) is 5.92 Å². The number of H-pyrrole nitrogens is 1. The lowest BCUT2D eigenvalue weighted by molar-refractivity contribution is -0.116. The van der Waals surface area contributed by atoms with Crippen molar-refractivity contribution in [2.75, 3.05) is 31.6 Å². The van der Waals surface area contributed by atoms with Crippen LogP contribution in [0, 0.1) is 5.92 Å². The molecule has 0 spiro atoms. The Labute approximate surface area is 125 Å². The van der Waals surface area contributed by atoms with Crippen LogP contribution in [0.3, 0.4) is 0 Å². The van der Waals surface area contributed by atoms with Crippen molar-refractivity contribution in [1.82, 2.24) is 15.5 Å². The molecule has 3 rings (SSSR count). The number of ether oxygens (including phenoxy) is 1. The Balaban J connectivity index is 1.45. The number of hydrogen-bond donors (Lipinski definition) is 3. The van der Waals surface area contributed by atoms with Gasteiger partial charge >= 0.3 is 0 Å². The second kappa shape index (κ2) is 7.04. The minimum atomic E-state index is 0.0620. The summed E-state index contributed by atoms with van der Waals surface area (Å²) in [5.74, 6) is 1.83. The Bertz CT molecular complexity index is 462. The second-order valence-electron chi connectivity index (χ2n) is 6.04. The average Bonchev–Trinajstić information content (AvgIpc) is 3.17. The minimum Gasteiger partial charge on any atom is -0.381 e. The zero-order chi connectivity index (χ0) is 14.5. The molecule has 0 aromatic carbocycles. The standard InChI is InChI=1S/C15H24N4O2/c20-15(2-1-11-3-6-16-10-11)17-14-9-13(18-19-14)12-4-7-21-8-5-12/h9,11-12,16H,1-8,10H2,(H2,17,18,19,20). The first kappa shape index (κ1) is 14.5. The van der Waals surface area contributed by atoms with Gasteiger partial charge in [0.2, 0.25) is 5.91 Å². The Morgan fingerprint density at radius 3 is 3.00 bits per heavy atom. The maximum Gasteiger partial charge on any atom is 0.225 e. The number of nitrogens with zero attached hydrogens (tertiary/aromatic N) is 1. The van der Waals surface area contributed by atoms with Crippen LogP contribution in [-0.4, -0.2) is 42.4 Å². The van der Waals surface area contributed by atoms with Crippen molar-refractivity contribution in [3.05, 3.63) is 11.8 Å². The maximum absolute atomic E-state index is 11.9. The van der Waals surface area contributed by atoms with Gasteiger partial charge in [-0.05, 0) is 44.7 Å². The predicted octanol–water partition coefficient (Wildman–Crippen LogP) is 1.63. The van der Waals surface area contributed by atoms with Crippen LogP contribution in [0.25, 0.3) is 0 Å². The monoisotopic (exact) mass is 292 g/mol. The van der Waals surface area contributed by atoms with Crippen LogP contribution in [0.15, 0.2) is 6.07 Å². The van der Waals surface area contributed by atoms with Gasteiger partial charge in [-0.15, -0.1) is 0 Å². The minimum absolute atomic E-state index is 0.0620. The first-order valence-electron chi connectivity index (χ1n) is 7.95. The number of anilines is 1. The van der Waals surface area contributed by atoms with E-state index in [-0.39, 0.29) is 5.91 Å². The van der Waals surface area contributed by atoms with Gasteiger partial charge in [-0.25, -0.2) is 0 Å². The summed E-state index contributed by atoms with van der Waals surface area (Å²) in [4.78, 5) is 11.9. The Morgan fingerprint density at radius 1 is 1.38 bits per heavy atom. The van der Waals surface area contributed by atoms with Gasteiger partial charge in [0.25, 0.3) is 0 Å². The van der Waals surface area contributed by atoms with E-state index in [0.29, 0.717) is 24.1 Å². The Morgan fingerprint density at radius 2 is 2.24 bits per heavy atom. The molecule has 116 valence electrons. The van der Waals surface area contributed by atoms with Crippen LogP contribution in [0.5, 0.6) is 0 Å². The van der Waals surface area contributed by atoms with Crippen molar-refractivity contribution >= 4 is 11.7 Å². The molecule has 6 heteroatoms. The Hall–Kier alpha value is -1.40. The molecule has 21 heavy (non-hydrogen) atoms. The largest absolute Gasteiger partial charge is 0.381 e. The molecule has 2 aliphatic heterocycles. The lowest BCUT2D eigenvalue weighted by Gasteiger charge is -2.20. The highest BCUT2D eigenvalue weighted by Crippen LogP contribution is 2.26. The van der Waals surface area contributed by atoms with Gasteiger partial charge < -0.3 is 15.4 Å². The van der Waals surface area contributed by atoms with Crippen molar-refractivity contribution in [1.29, 1.82) is 0 Å². The summed E-state index contributed by atoms with van der Waals surface area (Å²) in [7, 11) is 0. The highest BCUT2D eigenvalue weighted by atomic mass is 16.5. The summed E-state index contributed by atoms with van der Waals surface area (Å²) in [6, 6.07) is 1.96. The normalized spacial score (nSPS) is 23.3. The van der Waals surface area contributed by atoms with Crippen LogP contribution >= 0.6 is 0 Å². The molecule has 1 aromatic rings. The fourth-order valence-electron chi connectivity index (χ4n) is 3.12. The third-order valence-corrected chi connectivity index (χ3v) is 4.47. The number of aromatic amines is 1. The van der Waals surface area contributed by atoms with E-state index in [1.54, 1.807) is 0 Å². The molecule has 1 aromatic heterocycles. The van der Waals surface area contributed by atoms with E-state index in [1.807, 2.05) is 6.07 Å². The molecule has 3 N–H and O–H groups in total. The molecule has 2 saturated heterocycles. The molecular formula is C15H24N4O2. The van der Waals surface area contributed by atoms with Gasteiger partial charge in [0.15, 0.2) is 5.82 Å². The van der Waals surface area contributed by atoms with E-state index >= 15 is 0 Å². The molecule has 2 fully saturated rings. The predicted molar refractivity (Wildman–Crippen MR) is 80.2 cm³/mol. The molecule has 0 aliphatic carbocycles. The summed E-state index contributed by atoms with van der Waals surface area (Å²) in [6.45, 7) is 3.74. The first-order chi connectivity index (χ1) is 10.3. The third-order valence-electron chi connectivity index (χ3n) is 4.47. The molecule has 1 unspecified atom stereocenters. The molecule has 0 bridgehead atoms. The second-order valence-corrected chi connectivity index (χ2v) is 6.04. The quantitative estimate of drug-likeness (QED) is 0.771. The van der Waals surface area contributed by atoms with Gasteiger partial charge in [0.1, 0.15) is 0 Å². The molecule has 1 amide bonds. The van der Waals surface area contributed by atoms with Gasteiger partial charge in [-0.1, -0.05) is 0 Å². The summed E-state index contributed by atoms with van der Waals surface area (Å²) in [5, 5.41) is 13.5. The molecular weight excluding hydrogens is 268 g/mol. The third kappa shape index (κ3) is 4.04. The van der Waals surface area contributed by atoms with Crippen LogP contribution in [0.1, 0.15) is 43.7 Å². The zero-order valence-corrected chi connectivity index (χ0v) is 12.4. The highest BCUT2D eigenvalue weighted by Gasteiger charge is 2.19. The van der Waals surface area contributed by atoms with Gasteiger partial charge in [-0.3, -0.25) is 9.89 Å². The van der Waals surface area contributed by atoms with Crippen LogP contribution in [-0.2, 0) is 9.53 Å². The van der Waals surface area contributed by atoms with E-state index in [1.165, 1.54) is 6.42 Å². The van der Waals surface area contributed by atoms with Crippen molar-refractivity contribution < 1.29 is 9.53 Å². The molecule has 0 saturated carbocycles. The van der Waals surface area contributed by atoms with E-state index in [0.717, 1.165) is 51.3 Å². The van der Waals surface area contributed by atoms with E-state index in [2.05, 4.69) is 20.8 Å². The maximum atomic E-state index is 11.9. The zero-order valence-electron chi connectivity index (χ0n) is 12.4. The number of nitrogens with one attached hydrogen (secondary N) is 3. The van der Waals surface area contributed by atoms with E-state index in [4.69, 9.17) is 4.74 Å². The van der Waals surface area contributed by atoms with Crippen LogP contribution in [0.2, 0.25) is 0 Å². The summed E-state index contributed by atoms with van der Waals surface area (Å²) in [6.07, 6.45) is 4.75. The molecule has 0 radical (unpaired) electrons. The lowest BCUT2D eigenvalue weighted by atomic mass is 9.97. The highest BCUT2D eigenvalue weighted by molar-refractivity contribution is 5.89. The average molecular weight is 292 g/mol. The summed E-state index contributed by atoms with van der Waals surface area (Å²) in [5.41, 5.74) is 1.11. The fraction of sp³-hybridized carbons (Fsp3) is 0.733. The number of amides is 1. The smallest absolute Gasteiger partial charge is 0.225 e.